The first-order chi connectivity index (χ1) is 12.7. The molecule has 0 unspecified atom stereocenters. The maximum atomic E-state index is 12.6. The predicted octanol–water partition coefficient (Wildman–Crippen LogP) is 2.63. The van der Waals surface area contributed by atoms with Crippen LogP contribution < -0.4 is 5.32 Å². The molecule has 0 saturated carbocycles. The van der Waals surface area contributed by atoms with Crippen molar-refractivity contribution in [3.8, 4) is 0 Å². The van der Waals surface area contributed by atoms with E-state index in [0.29, 0.717) is 25.1 Å². The molecule has 7 heteroatoms. The summed E-state index contributed by atoms with van der Waals surface area (Å²) in [5.74, 6) is 0.396. The zero-order chi connectivity index (χ0) is 18.4. The van der Waals surface area contributed by atoms with Crippen LogP contribution in [-0.4, -0.2) is 46.3 Å². The number of nitrogens with one attached hydrogen (secondary N) is 1. The van der Waals surface area contributed by atoms with Crippen molar-refractivity contribution < 1.29 is 9.59 Å². The molecule has 2 aromatic rings. The van der Waals surface area contributed by atoms with Crippen molar-refractivity contribution in [2.75, 3.05) is 19.6 Å². The van der Waals surface area contributed by atoms with Gasteiger partial charge in [0.2, 0.25) is 5.91 Å². The minimum absolute atomic E-state index is 0.0434. The highest BCUT2D eigenvalue weighted by molar-refractivity contribution is 7.09. The summed E-state index contributed by atoms with van der Waals surface area (Å²) < 4.78 is 0. The summed E-state index contributed by atoms with van der Waals surface area (Å²) in [5.41, 5.74) is 1.65. The zero-order valence-electron chi connectivity index (χ0n) is 15.0. The van der Waals surface area contributed by atoms with Crippen LogP contribution in [0.15, 0.2) is 29.9 Å². The summed E-state index contributed by atoms with van der Waals surface area (Å²) >= 11 is 1.66. The average Bonchev–Trinajstić information content (AvgIpc) is 3.17. The van der Waals surface area contributed by atoms with Crippen LogP contribution >= 0.6 is 11.3 Å². The fraction of sp³-hybridized carbons (Fsp3) is 0.474. The fourth-order valence-corrected chi connectivity index (χ4v) is 4.10. The minimum Gasteiger partial charge on any atom is -0.356 e. The Hall–Kier alpha value is -2.28. The fourth-order valence-electron chi connectivity index (χ4n) is 3.11. The van der Waals surface area contributed by atoms with E-state index < -0.39 is 0 Å². The van der Waals surface area contributed by atoms with Crippen molar-refractivity contribution in [1.29, 1.82) is 0 Å². The molecule has 3 heterocycles. The van der Waals surface area contributed by atoms with Crippen molar-refractivity contribution in [3.63, 3.8) is 0 Å². The first kappa shape index (κ1) is 18.5. The van der Waals surface area contributed by atoms with E-state index >= 15 is 0 Å². The van der Waals surface area contributed by atoms with E-state index in [9.17, 15) is 9.59 Å². The molecule has 0 aliphatic carbocycles. The van der Waals surface area contributed by atoms with Gasteiger partial charge in [0, 0.05) is 56.2 Å². The van der Waals surface area contributed by atoms with E-state index in [2.05, 4.69) is 15.7 Å². The van der Waals surface area contributed by atoms with Gasteiger partial charge >= 0.3 is 0 Å². The molecule has 2 aromatic heterocycles. The Morgan fingerprint density at radius 3 is 3.08 bits per heavy atom. The number of amides is 2. The van der Waals surface area contributed by atoms with Gasteiger partial charge in [0.15, 0.2) is 0 Å². The Bertz CT molecular complexity index is 747. The van der Waals surface area contributed by atoms with Crippen molar-refractivity contribution in [2.45, 2.75) is 38.5 Å². The Morgan fingerprint density at radius 1 is 1.42 bits per heavy atom. The highest BCUT2D eigenvalue weighted by Crippen LogP contribution is 2.30. The van der Waals surface area contributed by atoms with Crippen LogP contribution in [0.2, 0.25) is 0 Å². The minimum atomic E-state index is 0.0434. The molecule has 0 spiro atoms. The molecule has 1 N–H and O–H groups in total. The summed E-state index contributed by atoms with van der Waals surface area (Å²) in [7, 11) is 0. The molecule has 26 heavy (non-hydrogen) atoms. The van der Waals surface area contributed by atoms with E-state index in [1.165, 1.54) is 0 Å². The smallest absolute Gasteiger partial charge is 0.255 e. The van der Waals surface area contributed by atoms with Gasteiger partial charge in [-0.2, -0.15) is 0 Å². The summed E-state index contributed by atoms with van der Waals surface area (Å²) in [6.45, 7) is 3.95. The Balaban J connectivity index is 1.58. The number of pyridine rings is 1. The summed E-state index contributed by atoms with van der Waals surface area (Å²) in [6.07, 6.45) is 6.58. The van der Waals surface area contributed by atoms with Gasteiger partial charge in [-0.05, 0) is 25.0 Å². The third kappa shape index (κ3) is 4.66. The molecule has 1 aliphatic heterocycles. The Kier molecular flexibility index (Phi) is 6.33. The van der Waals surface area contributed by atoms with Crippen LogP contribution in [0.25, 0.3) is 0 Å². The lowest BCUT2D eigenvalue weighted by molar-refractivity contribution is -0.120. The van der Waals surface area contributed by atoms with Crippen molar-refractivity contribution >= 4 is 23.2 Å². The second kappa shape index (κ2) is 8.89. The molecule has 2 amide bonds. The van der Waals surface area contributed by atoms with Gasteiger partial charge < -0.3 is 10.2 Å². The number of carbonyl (C=O) groups excluding carboxylic acids is 2. The molecule has 1 fully saturated rings. The van der Waals surface area contributed by atoms with E-state index in [4.69, 9.17) is 4.98 Å². The number of nitrogens with zero attached hydrogens (tertiary/aromatic N) is 3. The Morgan fingerprint density at radius 2 is 2.31 bits per heavy atom. The average molecular weight is 372 g/mol. The van der Waals surface area contributed by atoms with E-state index in [-0.39, 0.29) is 17.7 Å². The van der Waals surface area contributed by atoms with E-state index in [1.807, 2.05) is 17.9 Å². The zero-order valence-corrected chi connectivity index (χ0v) is 15.8. The van der Waals surface area contributed by atoms with E-state index in [0.717, 1.165) is 36.5 Å². The number of likely N-dealkylation sites (tertiary alicyclic amines) is 1. The number of piperidine rings is 1. The van der Waals surface area contributed by atoms with Gasteiger partial charge in [0.1, 0.15) is 0 Å². The molecule has 1 atom stereocenters. The molecule has 1 saturated heterocycles. The van der Waals surface area contributed by atoms with Crippen molar-refractivity contribution in [1.82, 2.24) is 20.2 Å². The highest BCUT2D eigenvalue weighted by atomic mass is 32.1. The third-order valence-electron chi connectivity index (χ3n) is 4.56. The van der Waals surface area contributed by atoms with Gasteiger partial charge in [-0.25, -0.2) is 4.98 Å². The number of hydrogen-bond donors (Lipinski definition) is 1. The second-order valence-corrected chi connectivity index (χ2v) is 7.35. The van der Waals surface area contributed by atoms with Crippen LogP contribution in [0.5, 0.6) is 0 Å². The highest BCUT2D eigenvalue weighted by Gasteiger charge is 2.27. The van der Waals surface area contributed by atoms with Gasteiger partial charge in [-0.1, -0.05) is 6.92 Å². The Labute approximate surface area is 157 Å². The molecular formula is C19H24N4O2S. The van der Waals surface area contributed by atoms with Crippen LogP contribution in [-0.2, 0) is 11.2 Å². The molecule has 0 bridgehead atoms. The molecule has 138 valence electrons. The lowest BCUT2D eigenvalue weighted by atomic mass is 9.98. The summed E-state index contributed by atoms with van der Waals surface area (Å²) in [4.78, 5) is 34.6. The number of hydrogen-bond acceptors (Lipinski definition) is 5. The topological polar surface area (TPSA) is 75.2 Å². The lowest BCUT2D eigenvalue weighted by Gasteiger charge is -2.31. The number of thiazole rings is 1. The first-order valence-corrected chi connectivity index (χ1v) is 9.95. The lowest BCUT2D eigenvalue weighted by Crippen LogP contribution is -2.39. The van der Waals surface area contributed by atoms with Crippen LogP contribution in [0.1, 0.15) is 53.2 Å². The third-order valence-corrected chi connectivity index (χ3v) is 5.62. The molecule has 6 nitrogen and oxygen atoms in total. The monoisotopic (exact) mass is 372 g/mol. The largest absolute Gasteiger partial charge is 0.356 e. The number of rotatable bonds is 6. The first-order valence-electron chi connectivity index (χ1n) is 9.07. The second-order valence-electron chi connectivity index (χ2n) is 6.46. The van der Waals surface area contributed by atoms with Crippen LogP contribution in [0.3, 0.4) is 0 Å². The maximum Gasteiger partial charge on any atom is 0.255 e. The van der Waals surface area contributed by atoms with Gasteiger partial charge in [0.05, 0.1) is 16.3 Å². The maximum absolute atomic E-state index is 12.6. The summed E-state index contributed by atoms with van der Waals surface area (Å²) in [5, 5.41) is 6.03. The molecule has 3 rings (SSSR count). The predicted molar refractivity (Wildman–Crippen MR) is 101 cm³/mol. The van der Waals surface area contributed by atoms with Crippen molar-refractivity contribution in [2.24, 2.45) is 0 Å². The van der Waals surface area contributed by atoms with Gasteiger partial charge in [0.25, 0.3) is 5.91 Å². The molecule has 0 radical (unpaired) electrons. The SMILES string of the molecule is CCC(=O)NCCc1csc([C@H]2CCCN(C(=O)c3cccnc3)C2)n1. The number of carbonyl (C=O) groups is 2. The molecular weight excluding hydrogens is 348 g/mol. The normalized spacial score (nSPS) is 17.1. The molecule has 0 aromatic carbocycles. The summed E-state index contributed by atoms with van der Waals surface area (Å²) in [6, 6.07) is 3.60. The van der Waals surface area contributed by atoms with Gasteiger partial charge in [-0.3, -0.25) is 14.6 Å². The van der Waals surface area contributed by atoms with Crippen LogP contribution in [0, 0.1) is 0 Å². The van der Waals surface area contributed by atoms with Crippen molar-refractivity contribution in [3.05, 3.63) is 46.2 Å². The van der Waals surface area contributed by atoms with Crippen LogP contribution in [0.4, 0.5) is 0 Å². The number of aromatic nitrogens is 2. The standard InChI is InChI=1S/C19H24N4O2S/c1-2-17(24)21-9-7-16-13-26-18(22-16)15-6-4-10-23(12-15)19(25)14-5-3-8-20-11-14/h3,5,8,11,13,15H,2,4,6-7,9-10,12H2,1H3,(H,21,24)/t15-/m0/s1. The quantitative estimate of drug-likeness (QED) is 0.846. The van der Waals surface area contributed by atoms with E-state index in [1.54, 1.807) is 29.8 Å². The molecule has 1 aliphatic rings. The van der Waals surface area contributed by atoms with Gasteiger partial charge in [-0.15, -0.1) is 11.3 Å².